The Morgan fingerprint density at radius 2 is 1.97 bits per heavy atom. The van der Waals surface area contributed by atoms with Crippen LogP contribution in [0.2, 0.25) is 0 Å². The molecule has 1 atom stereocenters. The third-order valence-electron chi connectivity index (χ3n) is 5.81. The van der Waals surface area contributed by atoms with Gasteiger partial charge in [0, 0.05) is 30.0 Å². The van der Waals surface area contributed by atoms with Gasteiger partial charge in [0.15, 0.2) is 6.04 Å². The smallest absolute Gasteiger partial charge is 0.370 e. The number of ether oxygens (including phenoxy) is 1. The molecule has 1 saturated heterocycles. The van der Waals surface area contributed by atoms with E-state index < -0.39 is 54.2 Å². The van der Waals surface area contributed by atoms with Crippen LogP contribution in [-0.2, 0) is 19.1 Å². The number of nitrogens with one attached hydrogen (secondary N) is 1. The van der Waals surface area contributed by atoms with Gasteiger partial charge in [-0.25, -0.2) is 8.78 Å². The average Bonchev–Trinajstić information content (AvgIpc) is 2.70. The Hall–Kier alpha value is -2.80. The lowest BCUT2D eigenvalue weighted by molar-refractivity contribution is -0.159. The predicted molar refractivity (Wildman–Crippen MR) is 111 cm³/mol. The zero-order valence-corrected chi connectivity index (χ0v) is 18.1. The van der Waals surface area contributed by atoms with Gasteiger partial charge in [-0.1, -0.05) is 6.42 Å². The van der Waals surface area contributed by atoms with Crippen molar-refractivity contribution in [2.24, 2.45) is 11.7 Å². The fraction of sp³-hybridized carbons (Fsp3) is 0.571. The summed E-state index contributed by atoms with van der Waals surface area (Å²) in [5.41, 5.74) is 4.36. The molecule has 1 heterocycles. The van der Waals surface area contributed by atoms with Crippen LogP contribution in [0, 0.1) is 5.92 Å². The van der Waals surface area contributed by atoms with E-state index in [1.54, 1.807) is 0 Å². The van der Waals surface area contributed by atoms with Crippen molar-refractivity contribution in [3.63, 3.8) is 0 Å². The normalized spacial score (nSPS) is 18.2. The van der Waals surface area contributed by atoms with Gasteiger partial charge in [0.25, 0.3) is 18.2 Å². The minimum Gasteiger partial charge on any atom is -0.370 e. The standard InChI is InChI=1S/C21H25F5N4O4/c22-18(23)14-8-13(30-6-7-34-10-16(30)31)4-5-15(14)28-20(33)17(19(27)32)29(11-21(24,25)26)9-12-2-1-3-12/h4-5,8,12,17-18H,1-3,6-7,9-11H2,(H2,27,32)(H,28,33)/t17-/m0/s1. The van der Waals surface area contributed by atoms with Crippen molar-refractivity contribution in [2.45, 2.75) is 37.9 Å². The van der Waals surface area contributed by atoms with E-state index in [4.69, 9.17) is 10.5 Å². The average molecular weight is 492 g/mol. The number of rotatable bonds is 9. The molecule has 3 rings (SSSR count). The van der Waals surface area contributed by atoms with Crippen LogP contribution in [0.5, 0.6) is 0 Å². The zero-order chi connectivity index (χ0) is 25.0. The summed E-state index contributed by atoms with van der Waals surface area (Å²) in [6.07, 6.45) is -5.66. The first kappa shape index (κ1) is 25.8. The molecule has 0 unspecified atom stereocenters. The van der Waals surface area contributed by atoms with Crippen LogP contribution in [0.4, 0.5) is 33.3 Å². The summed E-state index contributed by atoms with van der Waals surface area (Å²) in [5, 5.41) is 2.13. The summed E-state index contributed by atoms with van der Waals surface area (Å²) in [6.45, 7) is -1.58. The van der Waals surface area contributed by atoms with Gasteiger partial charge < -0.3 is 20.7 Å². The second kappa shape index (κ2) is 10.6. The van der Waals surface area contributed by atoms with E-state index in [1.165, 1.54) is 11.0 Å². The fourth-order valence-electron chi connectivity index (χ4n) is 3.98. The number of hydrogen-bond acceptors (Lipinski definition) is 5. The number of nitrogens with zero attached hydrogens (tertiary/aromatic N) is 2. The van der Waals surface area contributed by atoms with Gasteiger partial charge in [0.05, 0.1) is 13.2 Å². The topological polar surface area (TPSA) is 105 Å². The first-order chi connectivity index (χ1) is 16.0. The van der Waals surface area contributed by atoms with E-state index >= 15 is 0 Å². The molecule has 0 spiro atoms. The number of anilines is 2. The van der Waals surface area contributed by atoms with Crippen molar-refractivity contribution < 1.29 is 41.1 Å². The monoisotopic (exact) mass is 492 g/mol. The van der Waals surface area contributed by atoms with Gasteiger partial charge in [0.1, 0.15) is 6.61 Å². The van der Waals surface area contributed by atoms with E-state index in [0.29, 0.717) is 17.7 Å². The molecule has 1 aromatic rings. The van der Waals surface area contributed by atoms with Gasteiger partial charge in [0.2, 0.25) is 5.91 Å². The molecule has 34 heavy (non-hydrogen) atoms. The first-order valence-electron chi connectivity index (χ1n) is 10.7. The number of morpholine rings is 1. The summed E-state index contributed by atoms with van der Waals surface area (Å²) < 4.78 is 72.0. The molecule has 0 radical (unpaired) electrons. The van der Waals surface area contributed by atoms with Crippen LogP contribution in [0.3, 0.4) is 0 Å². The Morgan fingerprint density at radius 1 is 1.26 bits per heavy atom. The molecule has 1 aromatic carbocycles. The molecule has 2 aliphatic rings. The van der Waals surface area contributed by atoms with Gasteiger partial charge in [-0.3, -0.25) is 19.3 Å². The lowest BCUT2D eigenvalue weighted by Gasteiger charge is -2.35. The Labute approximate surface area is 192 Å². The van der Waals surface area contributed by atoms with Crippen molar-refractivity contribution in [3.05, 3.63) is 23.8 Å². The maximum absolute atomic E-state index is 13.8. The Kier molecular flexibility index (Phi) is 8.08. The number of carbonyl (C=O) groups excluding carboxylic acids is 3. The van der Waals surface area contributed by atoms with Crippen LogP contribution >= 0.6 is 0 Å². The molecule has 3 N–H and O–H groups in total. The highest BCUT2D eigenvalue weighted by Crippen LogP contribution is 2.33. The summed E-state index contributed by atoms with van der Waals surface area (Å²) in [7, 11) is 0. The molecule has 13 heteroatoms. The lowest BCUT2D eigenvalue weighted by Crippen LogP contribution is -2.56. The van der Waals surface area contributed by atoms with E-state index in [-0.39, 0.29) is 37.9 Å². The summed E-state index contributed by atoms with van der Waals surface area (Å²) in [5.74, 6) is -3.13. The number of primary amides is 1. The van der Waals surface area contributed by atoms with E-state index in [0.717, 1.165) is 18.6 Å². The third-order valence-corrected chi connectivity index (χ3v) is 5.81. The molecule has 0 aromatic heterocycles. The maximum atomic E-state index is 13.8. The minimum atomic E-state index is -4.71. The van der Waals surface area contributed by atoms with Gasteiger partial charge in [-0.05, 0) is 37.0 Å². The van der Waals surface area contributed by atoms with E-state index in [9.17, 15) is 36.3 Å². The zero-order valence-electron chi connectivity index (χ0n) is 18.1. The molecule has 2 fully saturated rings. The van der Waals surface area contributed by atoms with Crippen molar-refractivity contribution in [2.75, 3.05) is 43.1 Å². The summed E-state index contributed by atoms with van der Waals surface area (Å²) in [4.78, 5) is 38.7. The molecule has 1 aliphatic carbocycles. The van der Waals surface area contributed by atoms with Crippen LogP contribution in [0.1, 0.15) is 31.3 Å². The molecule has 3 amide bonds. The van der Waals surface area contributed by atoms with Crippen LogP contribution in [0.15, 0.2) is 18.2 Å². The number of amides is 3. The van der Waals surface area contributed by atoms with Crippen molar-refractivity contribution in [3.8, 4) is 0 Å². The van der Waals surface area contributed by atoms with Crippen LogP contribution in [-0.4, -0.2) is 67.7 Å². The lowest BCUT2D eigenvalue weighted by atomic mass is 9.84. The maximum Gasteiger partial charge on any atom is 0.401 e. The van der Waals surface area contributed by atoms with E-state index in [2.05, 4.69) is 5.32 Å². The number of nitrogens with two attached hydrogens (primary N) is 1. The highest BCUT2D eigenvalue weighted by molar-refractivity contribution is 6.10. The molecular formula is C21H25F5N4O4. The molecule has 1 saturated carbocycles. The second-order valence-electron chi connectivity index (χ2n) is 8.31. The quantitative estimate of drug-likeness (QED) is 0.407. The van der Waals surface area contributed by atoms with E-state index in [1.807, 2.05) is 0 Å². The number of hydrogen-bond donors (Lipinski definition) is 2. The molecule has 1 aliphatic heterocycles. The van der Waals surface area contributed by atoms with Crippen molar-refractivity contribution >= 4 is 29.1 Å². The molecule has 0 bridgehead atoms. The molecule has 188 valence electrons. The highest BCUT2D eigenvalue weighted by Gasteiger charge is 2.41. The number of benzene rings is 1. The van der Waals surface area contributed by atoms with Gasteiger partial charge in [-0.2, -0.15) is 13.2 Å². The largest absolute Gasteiger partial charge is 0.401 e. The van der Waals surface area contributed by atoms with Gasteiger partial charge >= 0.3 is 6.18 Å². The number of alkyl halides is 5. The molecule has 8 nitrogen and oxygen atoms in total. The SMILES string of the molecule is NC(=O)[C@@H](C(=O)Nc1ccc(N2CCOCC2=O)cc1C(F)F)N(CC1CCC1)CC(F)(F)F. The van der Waals surface area contributed by atoms with Crippen molar-refractivity contribution in [1.82, 2.24) is 4.90 Å². The van der Waals surface area contributed by atoms with Gasteiger partial charge in [-0.15, -0.1) is 0 Å². The number of halogens is 5. The van der Waals surface area contributed by atoms with Crippen LogP contribution in [0.25, 0.3) is 0 Å². The predicted octanol–water partition coefficient (Wildman–Crippen LogP) is 2.44. The second-order valence-corrected chi connectivity index (χ2v) is 8.31. The fourth-order valence-corrected chi connectivity index (χ4v) is 3.98. The first-order valence-corrected chi connectivity index (χ1v) is 10.7. The Morgan fingerprint density at radius 3 is 2.50 bits per heavy atom. The highest BCUT2D eigenvalue weighted by atomic mass is 19.4. The summed E-state index contributed by atoms with van der Waals surface area (Å²) >= 11 is 0. The third kappa shape index (κ3) is 6.41. The molecular weight excluding hydrogens is 467 g/mol. The minimum absolute atomic E-state index is 0.126. The van der Waals surface area contributed by atoms with Crippen LogP contribution < -0.4 is 16.0 Å². The summed E-state index contributed by atoms with van der Waals surface area (Å²) in [6, 6.07) is 1.42. The Bertz CT molecular complexity index is 923. The Balaban J connectivity index is 1.85. The van der Waals surface area contributed by atoms with Crippen molar-refractivity contribution in [1.29, 1.82) is 0 Å². The number of carbonyl (C=O) groups is 3.